The summed E-state index contributed by atoms with van der Waals surface area (Å²) in [5.74, 6) is 0.970. The first-order valence-electron chi connectivity index (χ1n) is 5.68. The zero-order chi connectivity index (χ0) is 10.7. The first-order valence-corrected chi connectivity index (χ1v) is 5.68. The topological polar surface area (TPSA) is 21.3 Å². The van der Waals surface area contributed by atoms with Gasteiger partial charge in [-0.3, -0.25) is 0 Å². The predicted octanol–water partition coefficient (Wildman–Crippen LogP) is 2.82. The van der Waals surface area contributed by atoms with Crippen LogP contribution in [-0.4, -0.2) is 13.7 Å². The molecule has 1 aromatic rings. The molecule has 82 valence electrons. The Balaban J connectivity index is 2.22. The van der Waals surface area contributed by atoms with Crippen molar-refractivity contribution < 1.29 is 4.74 Å². The second kappa shape index (κ2) is 4.67. The third-order valence-electron chi connectivity index (χ3n) is 3.02. The van der Waals surface area contributed by atoms with Crippen molar-refractivity contribution in [2.75, 3.05) is 13.7 Å². The van der Waals surface area contributed by atoms with Crippen LogP contribution < -0.4 is 10.1 Å². The van der Waals surface area contributed by atoms with E-state index in [1.54, 1.807) is 7.11 Å². The molecule has 1 aliphatic rings. The van der Waals surface area contributed by atoms with Gasteiger partial charge in [-0.2, -0.15) is 0 Å². The van der Waals surface area contributed by atoms with Gasteiger partial charge in [0.15, 0.2) is 0 Å². The summed E-state index contributed by atoms with van der Waals surface area (Å²) in [6, 6.07) is 7.00. The lowest BCUT2D eigenvalue weighted by Crippen LogP contribution is -2.26. The van der Waals surface area contributed by atoms with Crippen LogP contribution >= 0.6 is 0 Å². The number of nitrogens with one attached hydrogen (secondary N) is 1. The second-order valence-electron chi connectivity index (χ2n) is 4.29. The number of rotatable bonds is 2. The minimum absolute atomic E-state index is 0.521. The average Bonchev–Trinajstić information content (AvgIpc) is 2.29. The van der Waals surface area contributed by atoms with Gasteiger partial charge in [-0.25, -0.2) is 0 Å². The fourth-order valence-electron chi connectivity index (χ4n) is 2.23. The van der Waals surface area contributed by atoms with Gasteiger partial charge in [0.2, 0.25) is 0 Å². The van der Waals surface area contributed by atoms with E-state index < -0.39 is 0 Å². The van der Waals surface area contributed by atoms with E-state index in [1.807, 2.05) is 0 Å². The highest BCUT2D eigenvalue weighted by Gasteiger charge is 2.15. The minimum Gasteiger partial charge on any atom is -0.497 e. The SMILES string of the molecule is COc1cc(C)cc(C2CCCCN2)c1. The van der Waals surface area contributed by atoms with Crippen molar-refractivity contribution in [3.8, 4) is 5.75 Å². The number of piperidine rings is 1. The zero-order valence-electron chi connectivity index (χ0n) is 9.55. The molecular formula is C13H19NO. The van der Waals surface area contributed by atoms with Crippen LogP contribution in [-0.2, 0) is 0 Å². The summed E-state index contributed by atoms with van der Waals surface area (Å²) in [4.78, 5) is 0. The highest BCUT2D eigenvalue weighted by molar-refractivity contribution is 5.35. The summed E-state index contributed by atoms with van der Waals surface area (Å²) < 4.78 is 5.30. The number of hydrogen-bond acceptors (Lipinski definition) is 2. The summed E-state index contributed by atoms with van der Waals surface area (Å²) in [7, 11) is 1.73. The van der Waals surface area contributed by atoms with Crippen LogP contribution in [0.4, 0.5) is 0 Å². The molecule has 1 N–H and O–H groups in total. The van der Waals surface area contributed by atoms with Crippen LogP contribution in [0.2, 0.25) is 0 Å². The van der Waals surface area contributed by atoms with Crippen molar-refractivity contribution in [1.82, 2.24) is 5.32 Å². The lowest BCUT2D eigenvalue weighted by Gasteiger charge is -2.24. The van der Waals surface area contributed by atoms with E-state index in [2.05, 4.69) is 30.4 Å². The molecule has 2 heteroatoms. The fourth-order valence-corrected chi connectivity index (χ4v) is 2.23. The highest BCUT2D eigenvalue weighted by atomic mass is 16.5. The van der Waals surface area contributed by atoms with E-state index in [-0.39, 0.29) is 0 Å². The third-order valence-corrected chi connectivity index (χ3v) is 3.02. The van der Waals surface area contributed by atoms with Gasteiger partial charge in [0.05, 0.1) is 7.11 Å². The van der Waals surface area contributed by atoms with Crippen LogP contribution in [0.5, 0.6) is 5.75 Å². The molecule has 0 bridgehead atoms. The molecule has 1 aromatic carbocycles. The Bertz CT molecular complexity index is 329. The molecule has 0 aliphatic carbocycles. The van der Waals surface area contributed by atoms with E-state index in [4.69, 9.17) is 4.74 Å². The molecule has 1 heterocycles. The van der Waals surface area contributed by atoms with Crippen LogP contribution in [0, 0.1) is 6.92 Å². The Labute approximate surface area is 91.6 Å². The Kier molecular flexibility index (Phi) is 3.27. The summed E-state index contributed by atoms with van der Waals surface area (Å²) in [6.07, 6.45) is 3.87. The highest BCUT2D eigenvalue weighted by Crippen LogP contribution is 2.27. The first-order chi connectivity index (χ1) is 7.29. The summed E-state index contributed by atoms with van der Waals surface area (Å²) >= 11 is 0. The maximum Gasteiger partial charge on any atom is 0.119 e. The number of ether oxygens (including phenoxy) is 1. The molecular weight excluding hydrogens is 186 g/mol. The maximum absolute atomic E-state index is 5.30. The van der Waals surface area contributed by atoms with Crippen molar-refractivity contribution in [3.05, 3.63) is 29.3 Å². The van der Waals surface area contributed by atoms with Crippen LogP contribution in [0.3, 0.4) is 0 Å². The summed E-state index contributed by atoms with van der Waals surface area (Å²) in [5, 5.41) is 3.56. The molecule has 1 aliphatic heterocycles. The molecule has 0 radical (unpaired) electrons. The molecule has 1 saturated heterocycles. The van der Waals surface area contributed by atoms with Gasteiger partial charge in [0.25, 0.3) is 0 Å². The largest absolute Gasteiger partial charge is 0.497 e. The van der Waals surface area contributed by atoms with E-state index in [1.165, 1.54) is 30.4 Å². The predicted molar refractivity (Wildman–Crippen MR) is 62.3 cm³/mol. The van der Waals surface area contributed by atoms with Gasteiger partial charge in [-0.15, -0.1) is 0 Å². The van der Waals surface area contributed by atoms with E-state index in [0.29, 0.717) is 6.04 Å². The van der Waals surface area contributed by atoms with Crippen molar-refractivity contribution >= 4 is 0 Å². The zero-order valence-corrected chi connectivity index (χ0v) is 9.55. The van der Waals surface area contributed by atoms with E-state index in [9.17, 15) is 0 Å². The smallest absolute Gasteiger partial charge is 0.119 e. The van der Waals surface area contributed by atoms with Crippen molar-refractivity contribution in [2.24, 2.45) is 0 Å². The van der Waals surface area contributed by atoms with Crippen molar-refractivity contribution in [2.45, 2.75) is 32.2 Å². The van der Waals surface area contributed by atoms with Crippen LogP contribution in [0.1, 0.15) is 36.4 Å². The Hall–Kier alpha value is -1.02. The molecule has 1 fully saturated rings. The van der Waals surface area contributed by atoms with Gasteiger partial charge < -0.3 is 10.1 Å². The summed E-state index contributed by atoms with van der Waals surface area (Å²) in [6.45, 7) is 3.26. The summed E-state index contributed by atoms with van der Waals surface area (Å²) in [5.41, 5.74) is 2.64. The minimum atomic E-state index is 0.521. The van der Waals surface area contributed by atoms with Gasteiger partial charge in [-0.1, -0.05) is 12.5 Å². The standard InChI is InChI=1S/C13H19NO/c1-10-7-11(9-12(8-10)15-2)13-5-3-4-6-14-13/h7-9,13-14H,3-6H2,1-2H3. The van der Waals surface area contributed by atoms with Gasteiger partial charge in [-0.05, 0) is 49.6 Å². The number of methoxy groups -OCH3 is 1. The second-order valence-corrected chi connectivity index (χ2v) is 4.29. The molecule has 1 unspecified atom stereocenters. The maximum atomic E-state index is 5.30. The monoisotopic (exact) mass is 205 g/mol. The van der Waals surface area contributed by atoms with Gasteiger partial charge in [0, 0.05) is 6.04 Å². The first kappa shape index (κ1) is 10.5. The quantitative estimate of drug-likeness (QED) is 0.801. The van der Waals surface area contributed by atoms with E-state index >= 15 is 0 Å². The lowest BCUT2D eigenvalue weighted by molar-refractivity contribution is 0.400. The van der Waals surface area contributed by atoms with Crippen molar-refractivity contribution in [3.63, 3.8) is 0 Å². The lowest BCUT2D eigenvalue weighted by atomic mass is 9.96. The molecule has 0 aromatic heterocycles. The molecule has 15 heavy (non-hydrogen) atoms. The van der Waals surface area contributed by atoms with Crippen LogP contribution in [0.25, 0.3) is 0 Å². The van der Waals surface area contributed by atoms with Gasteiger partial charge >= 0.3 is 0 Å². The molecule has 2 nitrogen and oxygen atoms in total. The van der Waals surface area contributed by atoms with E-state index in [0.717, 1.165) is 12.3 Å². The third kappa shape index (κ3) is 2.51. The van der Waals surface area contributed by atoms with Crippen LogP contribution in [0.15, 0.2) is 18.2 Å². The number of hydrogen-bond donors (Lipinski definition) is 1. The van der Waals surface area contributed by atoms with Gasteiger partial charge in [0.1, 0.15) is 5.75 Å². The molecule has 2 rings (SSSR count). The molecule has 1 atom stereocenters. The molecule has 0 saturated carbocycles. The Morgan fingerprint density at radius 1 is 1.27 bits per heavy atom. The fraction of sp³-hybridized carbons (Fsp3) is 0.538. The average molecular weight is 205 g/mol. The Morgan fingerprint density at radius 2 is 2.13 bits per heavy atom. The normalized spacial score (nSPS) is 21.3. The Morgan fingerprint density at radius 3 is 2.80 bits per heavy atom. The number of benzene rings is 1. The molecule has 0 amide bonds. The van der Waals surface area contributed by atoms with Crippen molar-refractivity contribution in [1.29, 1.82) is 0 Å². The molecule has 0 spiro atoms. The number of aryl methyl sites for hydroxylation is 1.